The molecule has 1 aliphatic heterocycles. The summed E-state index contributed by atoms with van der Waals surface area (Å²) in [5.74, 6) is 0.533. The van der Waals surface area contributed by atoms with Crippen LogP contribution in [0.5, 0.6) is 5.75 Å². The minimum atomic E-state index is -0.357. The van der Waals surface area contributed by atoms with Crippen LogP contribution < -0.4 is 4.74 Å². The highest BCUT2D eigenvalue weighted by molar-refractivity contribution is 6.02. The van der Waals surface area contributed by atoms with Gasteiger partial charge in [-0.2, -0.15) is 0 Å². The van der Waals surface area contributed by atoms with E-state index in [4.69, 9.17) is 14.3 Å². The molecule has 1 aromatic carbocycles. The highest BCUT2D eigenvalue weighted by Gasteiger charge is 2.35. The topological polar surface area (TPSA) is 57.1 Å². The van der Waals surface area contributed by atoms with Gasteiger partial charge in [-0.3, -0.25) is 4.79 Å². The summed E-state index contributed by atoms with van der Waals surface area (Å²) < 4.78 is 9.91. The molecule has 5 heteroatoms. The molecule has 5 nitrogen and oxygen atoms in total. The Morgan fingerprint density at radius 1 is 1.33 bits per heavy atom. The van der Waals surface area contributed by atoms with Crippen molar-refractivity contribution in [3.05, 3.63) is 29.8 Å². The number of carbonyl (C=O) groups is 1. The Labute approximate surface area is 124 Å². The van der Waals surface area contributed by atoms with Crippen molar-refractivity contribution in [2.45, 2.75) is 38.2 Å². The van der Waals surface area contributed by atoms with Crippen LogP contribution in [0.3, 0.4) is 0 Å². The molecule has 0 aromatic heterocycles. The molecule has 114 valence electrons. The Bertz CT molecular complexity index is 534. The van der Waals surface area contributed by atoms with Crippen LogP contribution in [0.1, 0.15) is 38.2 Å². The van der Waals surface area contributed by atoms with Crippen LogP contribution in [0, 0.1) is 0 Å². The predicted octanol–water partition coefficient (Wildman–Crippen LogP) is 2.90. The standard InChI is InChI=1S/C16H21NO4/c1-16(2)10-13(11-5-7-12(19-3)8-6-11)14(17-21-16)9-15(18)20-4/h5-8,13H,9-10H2,1-4H3/t13-/m0/s1. The largest absolute Gasteiger partial charge is 0.497 e. The number of oxime groups is 1. The summed E-state index contributed by atoms with van der Waals surface area (Å²) in [4.78, 5) is 17.0. The van der Waals surface area contributed by atoms with E-state index in [1.54, 1.807) is 7.11 Å². The summed E-state index contributed by atoms with van der Waals surface area (Å²) in [6.45, 7) is 3.98. The molecule has 1 aliphatic rings. The molecule has 1 heterocycles. The van der Waals surface area contributed by atoms with Crippen LogP contribution in [-0.2, 0) is 14.4 Å². The number of methoxy groups -OCH3 is 2. The van der Waals surface area contributed by atoms with Crippen molar-refractivity contribution in [1.82, 2.24) is 0 Å². The molecule has 0 fully saturated rings. The molecule has 0 aliphatic carbocycles. The van der Waals surface area contributed by atoms with Crippen molar-refractivity contribution in [3.63, 3.8) is 0 Å². The smallest absolute Gasteiger partial charge is 0.311 e. The number of rotatable bonds is 4. The van der Waals surface area contributed by atoms with Crippen molar-refractivity contribution in [3.8, 4) is 5.75 Å². The molecule has 0 N–H and O–H groups in total. The monoisotopic (exact) mass is 291 g/mol. The highest BCUT2D eigenvalue weighted by atomic mass is 16.6. The molecule has 1 atom stereocenters. The number of nitrogens with zero attached hydrogens (tertiary/aromatic N) is 1. The molecule has 0 spiro atoms. The van der Waals surface area contributed by atoms with E-state index in [0.717, 1.165) is 17.7 Å². The summed E-state index contributed by atoms with van der Waals surface area (Å²) in [5, 5.41) is 4.16. The minimum Gasteiger partial charge on any atom is -0.497 e. The maximum atomic E-state index is 11.5. The maximum Gasteiger partial charge on any atom is 0.311 e. The average molecular weight is 291 g/mol. The van der Waals surface area contributed by atoms with E-state index in [9.17, 15) is 4.79 Å². The van der Waals surface area contributed by atoms with Gasteiger partial charge in [-0.1, -0.05) is 17.3 Å². The fourth-order valence-corrected chi connectivity index (χ4v) is 2.41. The Morgan fingerprint density at radius 3 is 2.57 bits per heavy atom. The Morgan fingerprint density at radius 2 is 2.00 bits per heavy atom. The van der Waals surface area contributed by atoms with Crippen molar-refractivity contribution in [1.29, 1.82) is 0 Å². The summed E-state index contributed by atoms with van der Waals surface area (Å²) in [6.07, 6.45) is 0.901. The van der Waals surface area contributed by atoms with Gasteiger partial charge >= 0.3 is 5.97 Å². The first-order valence-electron chi connectivity index (χ1n) is 6.91. The van der Waals surface area contributed by atoms with Crippen LogP contribution >= 0.6 is 0 Å². The van der Waals surface area contributed by atoms with E-state index in [2.05, 4.69) is 5.16 Å². The quantitative estimate of drug-likeness (QED) is 0.800. The molecule has 0 saturated heterocycles. The zero-order valence-electron chi connectivity index (χ0n) is 12.9. The van der Waals surface area contributed by atoms with Gasteiger partial charge in [0, 0.05) is 12.3 Å². The van der Waals surface area contributed by atoms with Crippen molar-refractivity contribution in [2.24, 2.45) is 5.16 Å². The van der Waals surface area contributed by atoms with Gasteiger partial charge in [0.05, 0.1) is 26.4 Å². The van der Waals surface area contributed by atoms with Crippen LogP contribution in [0.25, 0.3) is 0 Å². The molecular weight excluding hydrogens is 270 g/mol. The number of ether oxygens (including phenoxy) is 2. The molecule has 2 rings (SSSR count). The van der Waals surface area contributed by atoms with Gasteiger partial charge < -0.3 is 14.3 Å². The third kappa shape index (κ3) is 3.74. The van der Waals surface area contributed by atoms with E-state index in [1.807, 2.05) is 38.1 Å². The Hall–Kier alpha value is -2.04. The number of benzene rings is 1. The number of esters is 1. The lowest BCUT2D eigenvalue weighted by atomic mass is 9.82. The zero-order valence-corrected chi connectivity index (χ0v) is 12.9. The van der Waals surface area contributed by atoms with Gasteiger partial charge in [0.25, 0.3) is 0 Å². The second-order valence-corrected chi connectivity index (χ2v) is 5.72. The highest BCUT2D eigenvalue weighted by Crippen LogP contribution is 2.35. The second kappa shape index (κ2) is 6.16. The van der Waals surface area contributed by atoms with Crippen LogP contribution in [0.15, 0.2) is 29.4 Å². The van der Waals surface area contributed by atoms with Crippen LogP contribution in [0.2, 0.25) is 0 Å². The Kier molecular flexibility index (Phi) is 4.50. The third-order valence-corrected chi connectivity index (χ3v) is 3.58. The van der Waals surface area contributed by atoms with E-state index >= 15 is 0 Å². The van der Waals surface area contributed by atoms with E-state index in [-0.39, 0.29) is 23.9 Å². The third-order valence-electron chi connectivity index (χ3n) is 3.58. The van der Waals surface area contributed by atoms with Gasteiger partial charge in [0.1, 0.15) is 11.4 Å². The lowest BCUT2D eigenvalue weighted by molar-refractivity contribution is -0.139. The lowest BCUT2D eigenvalue weighted by Gasteiger charge is -2.33. The summed E-state index contributed by atoms with van der Waals surface area (Å²) in [7, 11) is 3.01. The SMILES string of the molecule is COC(=O)CC1=NOC(C)(C)C[C@H]1c1ccc(OC)cc1. The normalized spacial score (nSPS) is 20.2. The Balaban J connectivity index is 2.28. The van der Waals surface area contributed by atoms with Crippen molar-refractivity contribution >= 4 is 11.7 Å². The molecule has 0 radical (unpaired) electrons. The number of hydrogen-bond donors (Lipinski definition) is 0. The predicted molar refractivity (Wildman–Crippen MR) is 79.6 cm³/mol. The molecular formula is C16H21NO4. The van der Waals surface area contributed by atoms with Gasteiger partial charge in [0.2, 0.25) is 0 Å². The van der Waals surface area contributed by atoms with Gasteiger partial charge in [0.15, 0.2) is 0 Å². The van der Waals surface area contributed by atoms with Crippen LogP contribution in [0.4, 0.5) is 0 Å². The molecule has 0 saturated carbocycles. The first-order valence-corrected chi connectivity index (χ1v) is 6.91. The molecule has 0 unspecified atom stereocenters. The van der Waals surface area contributed by atoms with Gasteiger partial charge in [-0.05, 0) is 31.5 Å². The molecule has 21 heavy (non-hydrogen) atoms. The maximum absolute atomic E-state index is 11.5. The fraction of sp³-hybridized carbons (Fsp3) is 0.500. The molecule has 1 aromatic rings. The zero-order chi connectivity index (χ0) is 15.5. The summed E-state index contributed by atoms with van der Waals surface area (Å²) in [5.41, 5.74) is 1.44. The summed E-state index contributed by atoms with van der Waals surface area (Å²) >= 11 is 0. The minimum absolute atomic E-state index is 0.0405. The lowest BCUT2D eigenvalue weighted by Crippen LogP contribution is -2.34. The van der Waals surface area contributed by atoms with Crippen molar-refractivity contribution in [2.75, 3.05) is 14.2 Å². The fourth-order valence-electron chi connectivity index (χ4n) is 2.41. The van der Waals surface area contributed by atoms with E-state index < -0.39 is 0 Å². The van der Waals surface area contributed by atoms with Crippen LogP contribution in [-0.4, -0.2) is 31.5 Å². The first kappa shape index (κ1) is 15.4. The average Bonchev–Trinajstić information content (AvgIpc) is 2.48. The first-order chi connectivity index (χ1) is 9.95. The van der Waals surface area contributed by atoms with E-state index in [1.165, 1.54) is 7.11 Å². The molecule has 0 amide bonds. The number of hydrogen-bond acceptors (Lipinski definition) is 5. The second-order valence-electron chi connectivity index (χ2n) is 5.72. The summed E-state index contributed by atoms with van der Waals surface area (Å²) in [6, 6.07) is 7.82. The van der Waals surface area contributed by atoms with Gasteiger partial charge in [-0.15, -0.1) is 0 Å². The molecule has 0 bridgehead atoms. The van der Waals surface area contributed by atoms with Gasteiger partial charge in [-0.25, -0.2) is 0 Å². The van der Waals surface area contributed by atoms with Crippen molar-refractivity contribution < 1.29 is 19.1 Å². The number of carbonyl (C=O) groups excluding carboxylic acids is 1. The van der Waals surface area contributed by atoms with E-state index in [0.29, 0.717) is 5.71 Å².